The van der Waals surface area contributed by atoms with Crippen molar-refractivity contribution in [2.75, 3.05) is 0 Å². The van der Waals surface area contributed by atoms with Crippen molar-refractivity contribution in [3.8, 4) is 17.2 Å². The molecule has 0 amide bonds. The van der Waals surface area contributed by atoms with Crippen molar-refractivity contribution < 1.29 is 30.7 Å². The molecule has 2 aromatic heterocycles. The summed E-state index contributed by atoms with van der Waals surface area (Å²) >= 11 is 0. The predicted octanol–water partition coefficient (Wildman–Crippen LogP) is 2.58. The number of rotatable bonds is 4. The van der Waals surface area contributed by atoms with Gasteiger partial charge in [0.05, 0.1) is 6.54 Å². The van der Waals surface area contributed by atoms with Gasteiger partial charge in [-0.15, -0.1) is 17.7 Å². The second-order valence-corrected chi connectivity index (χ2v) is 4.97. The minimum Gasteiger partial charge on any atom is -0.385 e. The van der Waals surface area contributed by atoms with Crippen LogP contribution in [0, 0.1) is 12.3 Å². The number of aliphatic hydroxyl groups excluding tert-OH is 1. The Kier molecular flexibility index (Phi) is 5.54. The summed E-state index contributed by atoms with van der Waals surface area (Å²) in [6.07, 6.45) is 9.88. The molecule has 3 rings (SSSR count). The zero-order chi connectivity index (χ0) is 15.5. The maximum atomic E-state index is 9.66. The largest absolute Gasteiger partial charge is 0.385 e. The molecule has 1 atom stereocenters. The molecule has 23 heavy (non-hydrogen) atoms. The van der Waals surface area contributed by atoms with Gasteiger partial charge in [0.2, 0.25) is 0 Å². The Balaban J connectivity index is 0.00000192. The van der Waals surface area contributed by atoms with Crippen molar-refractivity contribution in [2.24, 2.45) is 0 Å². The van der Waals surface area contributed by atoms with Gasteiger partial charge in [-0.1, -0.05) is 17.3 Å². The molecule has 0 fully saturated rings. The monoisotopic (exact) mass is 476 g/mol. The average molecular weight is 476 g/mol. The number of aliphatic hydroxyl groups is 1. The van der Waals surface area contributed by atoms with Crippen LogP contribution in [-0.4, -0.2) is 19.8 Å². The second-order valence-electron chi connectivity index (χ2n) is 4.97. The molecule has 0 unspecified atom stereocenters. The van der Waals surface area contributed by atoms with Gasteiger partial charge in [0, 0.05) is 45.1 Å². The van der Waals surface area contributed by atoms with Crippen molar-refractivity contribution in [1.82, 2.24) is 14.7 Å². The Labute approximate surface area is 148 Å². The van der Waals surface area contributed by atoms with E-state index in [1.165, 1.54) is 0 Å². The van der Waals surface area contributed by atoms with Gasteiger partial charge in [-0.2, -0.15) is 0 Å². The standard InChI is InChI=1S/C17H14N3O2.W/c1-3-13-4-6-14(7-5-13)16-10-15(19-22-16)11-20-9-8-18-17(20)12(2)21;/h4-10,12,21H,11H2,2H3;/q-1;/t12-;/m0./s1. The third kappa shape index (κ3) is 3.79. The SMILES string of the molecule is [C-]#Cc1ccc(-c2cc(Cn3ccnc3[C@H](C)O)no2)cc1.[W]. The van der Waals surface area contributed by atoms with Crippen LogP contribution in [-0.2, 0) is 27.6 Å². The number of aromatic nitrogens is 3. The molecule has 6 heteroatoms. The maximum absolute atomic E-state index is 9.66. The smallest absolute Gasteiger partial charge is 0.167 e. The fourth-order valence-electron chi connectivity index (χ4n) is 2.24. The molecule has 0 aliphatic carbocycles. The first kappa shape index (κ1) is 17.2. The number of benzene rings is 1. The van der Waals surface area contributed by atoms with Crippen LogP contribution in [0.3, 0.4) is 0 Å². The van der Waals surface area contributed by atoms with Gasteiger partial charge in [-0.3, -0.25) is 5.92 Å². The van der Waals surface area contributed by atoms with E-state index in [1.54, 1.807) is 31.5 Å². The number of imidazole rings is 1. The quantitative estimate of drug-likeness (QED) is 0.465. The van der Waals surface area contributed by atoms with Gasteiger partial charge in [0.25, 0.3) is 0 Å². The third-order valence-corrected chi connectivity index (χ3v) is 3.33. The zero-order valence-electron chi connectivity index (χ0n) is 12.4. The van der Waals surface area contributed by atoms with Gasteiger partial charge in [0.1, 0.15) is 17.6 Å². The van der Waals surface area contributed by atoms with E-state index < -0.39 is 6.10 Å². The van der Waals surface area contributed by atoms with E-state index in [0.29, 0.717) is 23.7 Å². The van der Waals surface area contributed by atoms with Gasteiger partial charge in [-0.05, 0) is 6.92 Å². The first-order valence-corrected chi connectivity index (χ1v) is 6.85. The Morgan fingerprint density at radius 3 is 2.74 bits per heavy atom. The Bertz CT molecular complexity index is 813. The van der Waals surface area contributed by atoms with E-state index in [0.717, 1.165) is 11.3 Å². The molecule has 1 N–H and O–H groups in total. The first-order valence-electron chi connectivity index (χ1n) is 6.85. The summed E-state index contributed by atoms with van der Waals surface area (Å²) in [5.41, 5.74) is 2.35. The topological polar surface area (TPSA) is 64.1 Å². The molecule has 0 spiro atoms. The van der Waals surface area contributed by atoms with Crippen LogP contribution >= 0.6 is 0 Å². The third-order valence-electron chi connectivity index (χ3n) is 3.33. The van der Waals surface area contributed by atoms with Gasteiger partial charge in [-0.25, -0.2) is 4.98 Å². The molecule has 5 nitrogen and oxygen atoms in total. The van der Waals surface area contributed by atoms with Crippen molar-refractivity contribution in [3.05, 3.63) is 66.2 Å². The second kappa shape index (κ2) is 7.41. The summed E-state index contributed by atoms with van der Waals surface area (Å²) in [7, 11) is 0. The summed E-state index contributed by atoms with van der Waals surface area (Å²) in [5, 5.41) is 13.7. The molecule has 2 heterocycles. The number of hydrogen-bond acceptors (Lipinski definition) is 4. The maximum Gasteiger partial charge on any atom is 0.167 e. The Morgan fingerprint density at radius 2 is 2.09 bits per heavy atom. The molecule has 0 bridgehead atoms. The van der Waals surface area contributed by atoms with Crippen LogP contribution in [0.25, 0.3) is 11.3 Å². The molecular weight excluding hydrogens is 462 g/mol. The summed E-state index contributed by atoms with van der Waals surface area (Å²) in [5.74, 6) is 3.58. The number of hydrogen-bond donors (Lipinski definition) is 1. The van der Waals surface area contributed by atoms with Crippen LogP contribution in [0.5, 0.6) is 0 Å². The minimum atomic E-state index is -0.633. The molecule has 0 aliphatic rings. The fraction of sp³-hybridized carbons (Fsp3) is 0.176. The van der Waals surface area contributed by atoms with Crippen molar-refractivity contribution in [1.29, 1.82) is 0 Å². The molecule has 0 saturated carbocycles. The molecule has 0 aliphatic heterocycles. The van der Waals surface area contributed by atoms with Crippen LogP contribution in [0.15, 0.2) is 47.2 Å². The van der Waals surface area contributed by atoms with Crippen molar-refractivity contribution in [3.63, 3.8) is 0 Å². The fourth-order valence-corrected chi connectivity index (χ4v) is 2.24. The Hall–Kier alpha value is -2.15. The molecule has 116 valence electrons. The van der Waals surface area contributed by atoms with Crippen LogP contribution in [0.1, 0.15) is 30.1 Å². The van der Waals surface area contributed by atoms with E-state index in [9.17, 15) is 5.11 Å². The minimum absolute atomic E-state index is 0. The predicted molar refractivity (Wildman–Crippen MR) is 80.1 cm³/mol. The molecule has 0 radical (unpaired) electrons. The molecular formula is C17H14N3O2W-. The Morgan fingerprint density at radius 1 is 1.35 bits per heavy atom. The van der Waals surface area contributed by atoms with Crippen LogP contribution < -0.4 is 0 Å². The van der Waals surface area contributed by atoms with Gasteiger partial charge in [0.15, 0.2) is 5.76 Å². The van der Waals surface area contributed by atoms with Crippen LogP contribution in [0.2, 0.25) is 0 Å². The summed E-state index contributed by atoms with van der Waals surface area (Å²) < 4.78 is 7.19. The summed E-state index contributed by atoms with van der Waals surface area (Å²) in [6.45, 7) is 2.16. The average Bonchev–Trinajstić information content (AvgIpc) is 3.17. The summed E-state index contributed by atoms with van der Waals surface area (Å²) in [6, 6.07) is 9.17. The number of nitrogens with zero attached hydrogens (tertiary/aromatic N) is 3. The van der Waals surface area contributed by atoms with E-state index in [2.05, 4.69) is 16.1 Å². The van der Waals surface area contributed by atoms with Gasteiger partial charge < -0.3 is 20.6 Å². The van der Waals surface area contributed by atoms with E-state index in [4.69, 9.17) is 10.9 Å². The summed E-state index contributed by atoms with van der Waals surface area (Å²) in [4.78, 5) is 4.13. The van der Waals surface area contributed by atoms with E-state index in [-0.39, 0.29) is 21.1 Å². The normalized spacial score (nSPS) is 11.5. The van der Waals surface area contributed by atoms with E-state index in [1.807, 2.05) is 22.8 Å². The zero-order valence-corrected chi connectivity index (χ0v) is 15.4. The molecule has 3 aromatic rings. The van der Waals surface area contributed by atoms with Crippen LogP contribution in [0.4, 0.5) is 0 Å². The van der Waals surface area contributed by atoms with E-state index >= 15 is 0 Å². The molecule has 0 saturated heterocycles. The van der Waals surface area contributed by atoms with Crippen molar-refractivity contribution >= 4 is 0 Å². The molecule has 1 aromatic carbocycles. The van der Waals surface area contributed by atoms with Crippen molar-refractivity contribution in [2.45, 2.75) is 19.6 Å². The van der Waals surface area contributed by atoms with Gasteiger partial charge >= 0.3 is 0 Å². The first-order chi connectivity index (χ1) is 10.7.